The second kappa shape index (κ2) is 9.23. The van der Waals surface area contributed by atoms with Crippen molar-refractivity contribution in [1.82, 2.24) is 0 Å². The zero-order valence-electron chi connectivity index (χ0n) is 14.3. The summed E-state index contributed by atoms with van der Waals surface area (Å²) in [6.07, 6.45) is 1.86. The molecule has 128 valence electrons. The molecule has 0 heterocycles. The van der Waals surface area contributed by atoms with Crippen molar-refractivity contribution in [2.75, 3.05) is 17.6 Å². The van der Waals surface area contributed by atoms with Gasteiger partial charge >= 0.3 is 0 Å². The molecular formula is C19H25N3OS. The number of nitrogens with zero attached hydrogens (tertiary/aromatic N) is 1. The maximum Gasteiger partial charge on any atom is 0.193 e. The Labute approximate surface area is 146 Å². The summed E-state index contributed by atoms with van der Waals surface area (Å²) in [5, 5.41) is 3.22. The molecule has 2 aromatic carbocycles. The second-order valence-electron chi connectivity index (χ2n) is 5.41. The lowest BCUT2D eigenvalue weighted by Gasteiger charge is -2.14. The Morgan fingerprint density at radius 2 is 1.67 bits per heavy atom. The van der Waals surface area contributed by atoms with Gasteiger partial charge in [-0.15, -0.1) is 0 Å². The summed E-state index contributed by atoms with van der Waals surface area (Å²) in [4.78, 5) is 5.15. The van der Waals surface area contributed by atoms with Crippen molar-refractivity contribution >= 4 is 22.4 Å². The van der Waals surface area contributed by atoms with Gasteiger partial charge in [-0.2, -0.15) is 0 Å². The molecule has 5 heteroatoms. The molecule has 0 saturated heterocycles. The molecule has 2 aromatic rings. The van der Waals surface area contributed by atoms with Crippen molar-refractivity contribution < 1.29 is 4.21 Å². The predicted octanol–water partition coefficient (Wildman–Crippen LogP) is 3.35. The Balaban J connectivity index is 1.99. The largest absolute Gasteiger partial charge is 0.370 e. The van der Waals surface area contributed by atoms with Crippen LogP contribution in [0.2, 0.25) is 0 Å². The summed E-state index contributed by atoms with van der Waals surface area (Å²) < 4.78 is 12.2. The summed E-state index contributed by atoms with van der Waals surface area (Å²) in [5.41, 5.74) is 9.51. The third kappa shape index (κ3) is 4.93. The van der Waals surface area contributed by atoms with Gasteiger partial charge in [-0.3, -0.25) is 9.20 Å². The Morgan fingerprint density at radius 1 is 1.04 bits per heavy atom. The lowest BCUT2D eigenvalue weighted by molar-refractivity contribution is 0.683. The second-order valence-corrected chi connectivity index (χ2v) is 6.98. The molecule has 0 aliphatic rings. The van der Waals surface area contributed by atoms with Crippen LogP contribution >= 0.6 is 0 Å². The number of hydrogen-bond acceptors (Lipinski definition) is 2. The van der Waals surface area contributed by atoms with Gasteiger partial charge in [0.15, 0.2) is 5.96 Å². The number of nitrogens with one attached hydrogen (secondary N) is 1. The first kappa shape index (κ1) is 18.2. The molecule has 0 aliphatic heterocycles. The van der Waals surface area contributed by atoms with E-state index in [1.807, 2.05) is 30.3 Å². The Morgan fingerprint density at radius 3 is 2.25 bits per heavy atom. The third-order valence-electron chi connectivity index (χ3n) is 3.82. The van der Waals surface area contributed by atoms with Crippen LogP contribution in [-0.4, -0.2) is 22.5 Å². The van der Waals surface area contributed by atoms with Gasteiger partial charge in [0, 0.05) is 16.3 Å². The number of para-hydroxylation sites is 1. The van der Waals surface area contributed by atoms with E-state index in [0.717, 1.165) is 23.4 Å². The normalized spacial score (nSPS) is 12.8. The van der Waals surface area contributed by atoms with Crippen LogP contribution < -0.4 is 11.1 Å². The van der Waals surface area contributed by atoms with E-state index >= 15 is 0 Å². The molecule has 4 nitrogen and oxygen atoms in total. The number of guanidine groups is 1. The van der Waals surface area contributed by atoms with Gasteiger partial charge in [0.25, 0.3) is 0 Å². The standard InChI is InChI=1S/C19H25N3OS/c1-3-15-9-8-10-16(4-2)18(15)22-19(20)21-13-14-24(23)17-11-6-5-7-12-17/h5-12H,3-4,13-14H2,1-2H3,(H3,20,21,22). The number of rotatable bonds is 7. The topological polar surface area (TPSA) is 67.5 Å². The molecule has 24 heavy (non-hydrogen) atoms. The summed E-state index contributed by atoms with van der Waals surface area (Å²) in [6.45, 7) is 4.67. The van der Waals surface area contributed by atoms with E-state index in [1.54, 1.807) is 0 Å². The van der Waals surface area contributed by atoms with Gasteiger partial charge in [-0.05, 0) is 36.1 Å². The van der Waals surface area contributed by atoms with Gasteiger partial charge in [-0.1, -0.05) is 50.2 Å². The number of anilines is 1. The number of hydrogen-bond donors (Lipinski definition) is 2. The summed E-state index contributed by atoms with van der Waals surface area (Å²) in [6, 6.07) is 15.7. The number of benzene rings is 2. The fourth-order valence-corrected chi connectivity index (χ4v) is 3.46. The zero-order chi connectivity index (χ0) is 17.4. The third-order valence-corrected chi connectivity index (χ3v) is 5.17. The van der Waals surface area contributed by atoms with Crippen molar-refractivity contribution in [2.45, 2.75) is 31.6 Å². The van der Waals surface area contributed by atoms with Crippen LogP contribution in [0.1, 0.15) is 25.0 Å². The van der Waals surface area contributed by atoms with E-state index in [0.29, 0.717) is 18.3 Å². The van der Waals surface area contributed by atoms with Crippen molar-refractivity contribution in [2.24, 2.45) is 10.7 Å². The molecule has 0 spiro atoms. The molecule has 2 rings (SSSR count). The highest BCUT2D eigenvalue weighted by Gasteiger charge is 2.07. The van der Waals surface area contributed by atoms with Crippen molar-refractivity contribution in [3.63, 3.8) is 0 Å². The molecule has 0 bridgehead atoms. The Hall–Kier alpha value is -2.14. The van der Waals surface area contributed by atoms with E-state index in [4.69, 9.17) is 5.73 Å². The van der Waals surface area contributed by atoms with E-state index in [-0.39, 0.29) is 0 Å². The average Bonchev–Trinajstić information content (AvgIpc) is 2.62. The van der Waals surface area contributed by atoms with E-state index in [1.165, 1.54) is 11.1 Å². The van der Waals surface area contributed by atoms with Crippen LogP contribution in [0.5, 0.6) is 0 Å². The first-order valence-corrected chi connectivity index (χ1v) is 9.58. The van der Waals surface area contributed by atoms with Crippen LogP contribution in [0.4, 0.5) is 5.69 Å². The van der Waals surface area contributed by atoms with Gasteiger partial charge in [-0.25, -0.2) is 0 Å². The fourth-order valence-electron chi connectivity index (χ4n) is 2.51. The summed E-state index contributed by atoms with van der Waals surface area (Å²) in [7, 11) is -1.05. The van der Waals surface area contributed by atoms with Gasteiger partial charge < -0.3 is 11.1 Å². The monoisotopic (exact) mass is 343 g/mol. The van der Waals surface area contributed by atoms with E-state index in [2.05, 4.69) is 42.4 Å². The van der Waals surface area contributed by atoms with Crippen molar-refractivity contribution in [3.8, 4) is 0 Å². The zero-order valence-corrected chi connectivity index (χ0v) is 15.1. The van der Waals surface area contributed by atoms with Gasteiger partial charge in [0.2, 0.25) is 0 Å². The fraction of sp³-hybridized carbons (Fsp3) is 0.316. The Bertz CT molecular complexity index is 692. The maximum absolute atomic E-state index is 12.2. The SMILES string of the molecule is CCc1cccc(CC)c1NC(N)=NCCS(=O)c1ccccc1. The molecule has 0 aromatic heterocycles. The summed E-state index contributed by atoms with van der Waals surface area (Å²) in [5.74, 6) is 0.832. The molecule has 0 aliphatic carbocycles. The first-order valence-electron chi connectivity index (χ1n) is 8.26. The molecule has 1 atom stereocenters. The molecule has 1 unspecified atom stereocenters. The summed E-state index contributed by atoms with van der Waals surface area (Å²) >= 11 is 0. The smallest absolute Gasteiger partial charge is 0.193 e. The van der Waals surface area contributed by atoms with Gasteiger partial charge in [0.1, 0.15) is 0 Å². The Kier molecular flexibility index (Phi) is 7.00. The van der Waals surface area contributed by atoms with Crippen LogP contribution in [0, 0.1) is 0 Å². The first-order chi connectivity index (χ1) is 11.7. The number of aliphatic imine (C=N–C) groups is 1. The average molecular weight is 343 g/mol. The van der Waals surface area contributed by atoms with Crippen molar-refractivity contribution in [3.05, 3.63) is 59.7 Å². The van der Waals surface area contributed by atoms with Gasteiger partial charge in [0.05, 0.1) is 17.3 Å². The molecular weight excluding hydrogens is 318 g/mol. The minimum absolute atomic E-state index is 0.371. The van der Waals surface area contributed by atoms with Crippen LogP contribution in [0.3, 0.4) is 0 Å². The minimum atomic E-state index is -1.05. The number of nitrogens with two attached hydrogens (primary N) is 1. The quantitative estimate of drug-likeness (QED) is 0.598. The molecule has 0 amide bonds. The lowest BCUT2D eigenvalue weighted by atomic mass is 10.0. The van der Waals surface area contributed by atoms with Crippen LogP contribution in [0.25, 0.3) is 0 Å². The van der Waals surface area contributed by atoms with Crippen molar-refractivity contribution in [1.29, 1.82) is 0 Å². The molecule has 0 fully saturated rings. The lowest BCUT2D eigenvalue weighted by Crippen LogP contribution is -2.25. The maximum atomic E-state index is 12.2. The molecule has 0 saturated carbocycles. The van der Waals surface area contributed by atoms with E-state index in [9.17, 15) is 4.21 Å². The van der Waals surface area contributed by atoms with E-state index < -0.39 is 10.8 Å². The highest BCUT2D eigenvalue weighted by atomic mass is 32.2. The van der Waals surface area contributed by atoms with Crippen LogP contribution in [0.15, 0.2) is 58.4 Å². The predicted molar refractivity (Wildman–Crippen MR) is 103 cm³/mol. The molecule has 3 N–H and O–H groups in total. The number of aryl methyl sites for hydroxylation is 2. The molecule has 0 radical (unpaired) electrons. The highest BCUT2D eigenvalue weighted by molar-refractivity contribution is 7.85. The van der Waals surface area contributed by atoms with Crippen LogP contribution in [-0.2, 0) is 23.6 Å². The minimum Gasteiger partial charge on any atom is -0.370 e. The highest BCUT2D eigenvalue weighted by Crippen LogP contribution is 2.22.